The molecule has 3 N–H and O–H groups in total. The van der Waals surface area contributed by atoms with Crippen LogP contribution in [0.25, 0.3) is 22.3 Å². The van der Waals surface area contributed by atoms with Gasteiger partial charge in [-0.25, -0.2) is 0 Å². The van der Waals surface area contributed by atoms with E-state index in [2.05, 4.69) is 60.8 Å². The maximum Gasteiger partial charge on any atom is 0.225 e. The normalized spacial score (nSPS) is 10.8. The molecule has 1 amide bonds. The lowest BCUT2D eigenvalue weighted by atomic mass is 9.99. The third-order valence-corrected chi connectivity index (χ3v) is 4.41. The lowest BCUT2D eigenvalue weighted by molar-refractivity contribution is -0.129. The zero-order chi connectivity index (χ0) is 19.2. The Labute approximate surface area is 159 Å². The van der Waals surface area contributed by atoms with Crippen LogP contribution in [-0.2, 0) is 11.3 Å². The van der Waals surface area contributed by atoms with Gasteiger partial charge in [-0.1, -0.05) is 78.4 Å². The Kier molecular flexibility index (Phi) is 6.01. The lowest BCUT2D eigenvalue weighted by Gasteiger charge is -2.08. The second kappa shape index (κ2) is 8.62. The average Bonchev–Trinajstić information content (AvgIpc) is 2.67. The molecule has 0 fully saturated rings. The number of aliphatic hydroxyl groups excluding tert-OH is 1. The largest absolute Gasteiger partial charge is 0.368 e. The van der Waals surface area contributed by atoms with Crippen LogP contribution in [0.4, 0.5) is 0 Å². The van der Waals surface area contributed by atoms with E-state index < -0.39 is 6.29 Å². The predicted molar refractivity (Wildman–Crippen MR) is 107 cm³/mol. The molecular formula is C23H23NO3. The van der Waals surface area contributed by atoms with Gasteiger partial charge in [-0.15, -0.1) is 0 Å². The van der Waals surface area contributed by atoms with Gasteiger partial charge in [-0.3, -0.25) is 4.79 Å². The van der Waals surface area contributed by atoms with E-state index in [0.717, 1.165) is 16.7 Å². The van der Waals surface area contributed by atoms with E-state index in [1.54, 1.807) is 0 Å². The van der Waals surface area contributed by atoms with Gasteiger partial charge in [-0.05, 0) is 34.7 Å². The minimum atomic E-state index is -1.62. The maximum atomic E-state index is 11.5. The van der Waals surface area contributed by atoms with Crippen molar-refractivity contribution < 1.29 is 15.0 Å². The fourth-order valence-corrected chi connectivity index (χ4v) is 2.85. The first-order valence-corrected chi connectivity index (χ1v) is 8.90. The van der Waals surface area contributed by atoms with Gasteiger partial charge in [-0.2, -0.15) is 0 Å². The molecule has 0 saturated heterocycles. The summed E-state index contributed by atoms with van der Waals surface area (Å²) in [4.78, 5) is 11.5. The molecule has 0 spiro atoms. The second-order valence-corrected chi connectivity index (χ2v) is 6.60. The minimum Gasteiger partial charge on any atom is -0.368 e. The molecule has 0 aliphatic heterocycles. The third-order valence-electron chi connectivity index (χ3n) is 4.41. The molecule has 27 heavy (non-hydrogen) atoms. The molecule has 0 aliphatic rings. The molecule has 0 unspecified atom stereocenters. The molecule has 3 aromatic rings. The van der Waals surface area contributed by atoms with E-state index in [1.807, 2.05) is 24.3 Å². The number of hydrogen-bond donors (Lipinski definition) is 3. The van der Waals surface area contributed by atoms with Crippen LogP contribution in [0.5, 0.6) is 0 Å². The Morgan fingerprint density at radius 3 is 1.63 bits per heavy atom. The monoisotopic (exact) mass is 361 g/mol. The predicted octanol–water partition coefficient (Wildman–Crippen LogP) is 3.65. The van der Waals surface area contributed by atoms with Crippen LogP contribution in [0.3, 0.4) is 0 Å². The summed E-state index contributed by atoms with van der Waals surface area (Å²) in [5.74, 6) is -0.388. The van der Waals surface area contributed by atoms with Gasteiger partial charge in [0.25, 0.3) is 0 Å². The summed E-state index contributed by atoms with van der Waals surface area (Å²) in [5.41, 5.74) is 6.82. The van der Waals surface area contributed by atoms with Crippen LogP contribution in [0.15, 0.2) is 72.8 Å². The number of aryl methyl sites for hydroxylation is 1. The molecule has 3 rings (SSSR count). The van der Waals surface area contributed by atoms with Crippen LogP contribution in [-0.4, -0.2) is 22.4 Å². The number of benzene rings is 3. The quantitative estimate of drug-likeness (QED) is 0.587. The zero-order valence-electron chi connectivity index (χ0n) is 15.2. The molecule has 4 heteroatoms. The SMILES string of the molecule is Cc1ccc(-c2ccc(-c3ccc(CNC(=O)CC(O)O)cc3)cc2)cc1. The van der Waals surface area contributed by atoms with Crippen molar-refractivity contribution in [3.63, 3.8) is 0 Å². The first-order chi connectivity index (χ1) is 13.0. The van der Waals surface area contributed by atoms with Crippen molar-refractivity contribution in [3.05, 3.63) is 83.9 Å². The van der Waals surface area contributed by atoms with E-state index >= 15 is 0 Å². The van der Waals surface area contributed by atoms with Gasteiger partial charge < -0.3 is 15.5 Å². The molecule has 3 aromatic carbocycles. The molecule has 138 valence electrons. The smallest absolute Gasteiger partial charge is 0.225 e. The summed E-state index contributed by atoms with van der Waals surface area (Å²) in [7, 11) is 0. The topological polar surface area (TPSA) is 69.6 Å². The molecule has 0 saturated carbocycles. The summed E-state index contributed by atoms with van der Waals surface area (Å²) in [5, 5.41) is 20.2. The fraction of sp³-hybridized carbons (Fsp3) is 0.174. The molecule has 0 aliphatic carbocycles. The highest BCUT2D eigenvalue weighted by atomic mass is 16.5. The summed E-state index contributed by atoms with van der Waals surface area (Å²) in [6.07, 6.45) is -1.93. The maximum absolute atomic E-state index is 11.5. The Hall–Kier alpha value is -2.95. The van der Waals surface area contributed by atoms with Crippen LogP contribution in [0.2, 0.25) is 0 Å². The van der Waals surface area contributed by atoms with Gasteiger partial charge in [0.1, 0.15) is 0 Å². The van der Waals surface area contributed by atoms with Gasteiger partial charge in [0.05, 0.1) is 6.42 Å². The molecule has 0 aromatic heterocycles. The van der Waals surface area contributed by atoms with E-state index in [9.17, 15) is 4.79 Å². The van der Waals surface area contributed by atoms with E-state index in [4.69, 9.17) is 10.2 Å². The van der Waals surface area contributed by atoms with Gasteiger partial charge in [0, 0.05) is 6.54 Å². The molecule has 4 nitrogen and oxygen atoms in total. The first kappa shape index (κ1) is 18.8. The number of rotatable bonds is 6. The molecule has 0 radical (unpaired) electrons. The first-order valence-electron chi connectivity index (χ1n) is 8.90. The van der Waals surface area contributed by atoms with Crippen LogP contribution in [0, 0.1) is 6.92 Å². The number of carbonyl (C=O) groups is 1. The van der Waals surface area contributed by atoms with Crippen molar-refractivity contribution in [2.45, 2.75) is 26.2 Å². The average molecular weight is 361 g/mol. The van der Waals surface area contributed by atoms with Crippen molar-refractivity contribution in [1.82, 2.24) is 5.32 Å². The Bertz CT molecular complexity index is 882. The number of nitrogens with one attached hydrogen (secondary N) is 1. The number of carbonyl (C=O) groups excluding carboxylic acids is 1. The highest BCUT2D eigenvalue weighted by molar-refractivity contribution is 5.76. The molecule has 0 atom stereocenters. The Morgan fingerprint density at radius 2 is 1.19 bits per heavy atom. The molecule has 0 bridgehead atoms. The van der Waals surface area contributed by atoms with Crippen molar-refractivity contribution in [2.75, 3.05) is 0 Å². The van der Waals surface area contributed by atoms with Gasteiger partial charge in [0.2, 0.25) is 5.91 Å². The standard InChI is InChI=1S/C23H23NO3/c1-16-2-6-18(7-3-16)20-10-12-21(13-11-20)19-8-4-17(5-9-19)15-24-22(25)14-23(26)27/h2-13,23,26-27H,14-15H2,1H3,(H,24,25). The fourth-order valence-electron chi connectivity index (χ4n) is 2.85. The van der Waals surface area contributed by atoms with Crippen molar-refractivity contribution in [2.24, 2.45) is 0 Å². The van der Waals surface area contributed by atoms with Crippen molar-refractivity contribution in [1.29, 1.82) is 0 Å². The number of hydrogen-bond acceptors (Lipinski definition) is 3. The van der Waals surface area contributed by atoms with Crippen LogP contribution < -0.4 is 5.32 Å². The summed E-state index contributed by atoms with van der Waals surface area (Å²) < 4.78 is 0. The summed E-state index contributed by atoms with van der Waals surface area (Å²) >= 11 is 0. The van der Waals surface area contributed by atoms with Crippen LogP contribution >= 0.6 is 0 Å². The minimum absolute atomic E-state index is 0.314. The Balaban J connectivity index is 1.64. The van der Waals surface area contributed by atoms with E-state index in [0.29, 0.717) is 6.54 Å². The second-order valence-electron chi connectivity index (χ2n) is 6.60. The van der Waals surface area contributed by atoms with E-state index in [-0.39, 0.29) is 12.3 Å². The highest BCUT2D eigenvalue weighted by Crippen LogP contribution is 2.25. The summed E-state index contributed by atoms with van der Waals surface area (Å²) in [6.45, 7) is 2.44. The van der Waals surface area contributed by atoms with Crippen molar-refractivity contribution in [3.8, 4) is 22.3 Å². The number of amides is 1. The molecule has 0 heterocycles. The molecular weight excluding hydrogens is 338 g/mol. The third kappa shape index (κ3) is 5.26. The highest BCUT2D eigenvalue weighted by Gasteiger charge is 2.07. The Morgan fingerprint density at radius 1 is 0.778 bits per heavy atom. The van der Waals surface area contributed by atoms with E-state index in [1.165, 1.54) is 16.7 Å². The van der Waals surface area contributed by atoms with Gasteiger partial charge in [0.15, 0.2) is 6.29 Å². The van der Waals surface area contributed by atoms with Crippen molar-refractivity contribution >= 4 is 5.91 Å². The van der Waals surface area contributed by atoms with Crippen LogP contribution in [0.1, 0.15) is 17.5 Å². The summed E-state index contributed by atoms with van der Waals surface area (Å²) in [6, 6.07) is 24.9. The number of aliphatic hydroxyl groups is 2. The van der Waals surface area contributed by atoms with Gasteiger partial charge >= 0.3 is 0 Å². The zero-order valence-corrected chi connectivity index (χ0v) is 15.2. The lowest BCUT2D eigenvalue weighted by Crippen LogP contribution is -2.26.